The number of nitrogens with one attached hydrogen (secondary N) is 1. The first-order valence-electron chi connectivity index (χ1n) is 6.63. The summed E-state index contributed by atoms with van der Waals surface area (Å²) in [5, 5.41) is 28.3. The van der Waals surface area contributed by atoms with E-state index in [1.807, 2.05) is 0 Å². The molecule has 0 aliphatic rings. The first kappa shape index (κ1) is 19.8. The zero-order chi connectivity index (χ0) is 17.1. The van der Waals surface area contributed by atoms with Crippen molar-refractivity contribution in [2.24, 2.45) is 5.73 Å². The lowest BCUT2D eigenvalue weighted by atomic mass is 10.1. The second-order valence-electron chi connectivity index (χ2n) is 4.72. The van der Waals surface area contributed by atoms with Crippen molar-refractivity contribution in [2.45, 2.75) is 25.3 Å². The van der Waals surface area contributed by atoms with Crippen LogP contribution < -0.4 is 11.1 Å². The molecule has 0 saturated heterocycles. The van der Waals surface area contributed by atoms with Gasteiger partial charge in [0.05, 0.1) is 19.6 Å². The summed E-state index contributed by atoms with van der Waals surface area (Å²) in [6.07, 6.45) is 1.32. The molecule has 0 bridgehead atoms. The fourth-order valence-electron chi connectivity index (χ4n) is 1.65. The predicted molar refractivity (Wildman–Crippen MR) is 74.2 cm³/mol. The average Bonchev–Trinajstić information content (AvgIpc) is 2.35. The van der Waals surface area contributed by atoms with Crippen LogP contribution in [-0.2, 0) is 19.2 Å². The third-order valence-corrected chi connectivity index (χ3v) is 2.67. The van der Waals surface area contributed by atoms with Crippen LogP contribution in [0.25, 0.3) is 0 Å². The van der Waals surface area contributed by atoms with Gasteiger partial charge in [0.15, 0.2) is 0 Å². The van der Waals surface area contributed by atoms with Gasteiger partial charge in [0.2, 0.25) is 5.91 Å². The molecular weight excluding hydrogens is 298 g/mol. The molecule has 0 aromatic carbocycles. The van der Waals surface area contributed by atoms with E-state index in [2.05, 4.69) is 5.32 Å². The maximum atomic E-state index is 11.6. The van der Waals surface area contributed by atoms with E-state index < -0.39 is 42.9 Å². The van der Waals surface area contributed by atoms with E-state index in [1.165, 1.54) is 0 Å². The third-order valence-electron chi connectivity index (χ3n) is 2.67. The van der Waals surface area contributed by atoms with E-state index in [0.29, 0.717) is 12.8 Å². The highest BCUT2D eigenvalue weighted by Crippen LogP contribution is 1.98. The maximum Gasteiger partial charge on any atom is 0.320 e. The SMILES string of the molecule is NC(CCCCNC(=O)CN(CC(=O)O)CC(=O)O)C(=O)O. The maximum absolute atomic E-state index is 11.6. The smallest absolute Gasteiger partial charge is 0.320 e. The highest BCUT2D eigenvalue weighted by Gasteiger charge is 2.16. The number of amides is 1. The zero-order valence-electron chi connectivity index (χ0n) is 12.0. The lowest BCUT2D eigenvalue weighted by Crippen LogP contribution is -2.42. The van der Waals surface area contributed by atoms with Crippen LogP contribution in [0, 0.1) is 0 Å². The minimum absolute atomic E-state index is 0.277. The topological polar surface area (TPSA) is 170 Å². The molecule has 0 saturated carbocycles. The summed E-state index contributed by atoms with van der Waals surface area (Å²) >= 11 is 0. The normalized spacial score (nSPS) is 11.9. The molecule has 0 aliphatic carbocycles. The Balaban J connectivity index is 3.96. The number of nitrogens with zero attached hydrogens (tertiary/aromatic N) is 1. The van der Waals surface area contributed by atoms with Crippen molar-refractivity contribution in [3.05, 3.63) is 0 Å². The molecule has 0 rings (SSSR count). The molecule has 6 N–H and O–H groups in total. The molecular formula is C12H21N3O7. The summed E-state index contributed by atoms with van der Waals surface area (Å²) in [6.45, 7) is -1.16. The zero-order valence-corrected chi connectivity index (χ0v) is 12.0. The fraction of sp³-hybridized carbons (Fsp3) is 0.667. The van der Waals surface area contributed by atoms with Gasteiger partial charge in [0.1, 0.15) is 6.04 Å². The monoisotopic (exact) mass is 319 g/mol. The Morgan fingerprint density at radius 1 is 0.955 bits per heavy atom. The first-order valence-corrected chi connectivity index (χ1v) is 6.63. The van der Waals surface area contributed by atoms with E-state index in [0.717, 1.165) is 4.90 Å². The Hall–Kier alpha value is -2.20. The van der Waals surface area contributed by atoms with Gasteiger partial charge >= 0.3 is 17.9 Å². The number of carbonyl (C=O) groups is 4. The van der Waals surface area contributed by atoms with Gasteiger partial charge in [-0.3, -0.25) is 24.1 Å². The number of carboxylic acid groups (broad SMARTS) is 3. The van der Waals surface area contributed by atoms with Gasteiger partial charge in [-0.15, -0.1) is 0 Å². The lowest BCUT2D eigenvalue weighted by molar-refractivity contribution is -0.142. The van der Waals surface area contributed by atoms with Gasteiger partial charge < -0.3 is 26.4 Å². The molecule has 10 heteroatoms. The summed E-state index contributed by atoms with van der Waals surface area (Å²) in [5.41, 5.74) is 5.31. The molecule has 0 fully saturated rings. The van der Waals surface area contributed by atoms with Crippen molar-refractivity contribution in [3.63, 3.8) is 0 Å². The molecule has 10 nitrogen and oxygen atoms in total. The van der Waals surface area contributed by atoms with Crippen LogP contribution in [0.2, 0.25) is 0 Å². The van der Waals surface area contributed by atoms with Crippen LogP contribution >= 0.6 is 0 Å². The van der Waals surface area contributed by atoms with Gasteiger partial charge in [0, 0.05) is 6.54 Å². The fourth-order valence-corrected chi connectivity index (χ4v) is 1.65. The number of carboxylic acids is 3. The van der Waals surface area contributed by atoms with E-state index in [1.54, 1.807) is 0 Å². The van der Waals surface area contributed by atoms with E-state index >= 15 is 0 Å². The second-order valence-corrected chi connectivity index (χ2v) is 4.72. The number of hydrogen-bond donors (Lipinski definition) is 5. The molecule has 0 heterocycles. The minimum Gasteiger partial charge on any atom is -0.480 e. The van der Waals surface area contributed by atoms with Crippen LogP contribution in [0.15, 0.2) is 0 Å². The number of nitrogens with two attached hydrogens (primary N) is 1. The second kappa shape index (κ2) is 10.5. The predicted octanol–water partition coefficient (Wildman–Crippen LogP) is -1.84. The number of carbonyl (C=O) groups excluding carboxylic acids is 1. The largest absolute Gasteiger partial charge is 0.480 e. The average molecular weight is 319 g/mol. The van der Waals surface area contributed by atoms with Crippen molar-refractivity contribution < 1.29 is 34.5 Å². The summed E-state index contributed by atoms with van der Waals surface area (Å²) in [7, 11) is 0. The van der Waals surface area contributed by atoms with E-state index in [4.69, 9.17) is 21.1 Å². The molecule has 1 unspecified atom stereocenters. The summed E-state index contributed by atoms with van der Waals surface area (Å²) in [5.74, 6) is -4.03. The number of rotatable bonds is 12. The highest BCUT2D eigenvalue weighted by atomic mass is 16.4. The number of hydrogen-bond acceptors (Lipinski definition) is 6. The minimum atomic E-state index is -1.23. The lowest BCUT2D eigenvalue weighted by Gasteiger charge is -2.17. The molecule has 0 aliphatic heterocycles. The van der Waals surface area contributed by atoms with Crippen LogP contribution in [0.3, 0.4) is 0 Å². The van der Waals surface area contributed by atoms with Crippen molar-refractivity contribution >= 4 is 23.8 Å². The standard InChI is InChI=1S/C12H21N3O7/c13-8(12(21)22)3-1-2-4-14-9(16)5-15(6-10(17)18)7-11(19)20/h8H,1-7,13H2,(H,14,16)(H,17,18)(H,19,20)(H,21,22). The van der Waals surface area contributed by atoms with Gasteiger partial charge in [0.25, 0.3) is 0 Å². The Bertz CT molecular complexity index is 398. The van der Waals surface area contributed by atoms with Gasteiger partial charge in [-0.1, -0.05) is 0 Å². The molecule has 22 heavy (non-hydrogen) atoms. The van der Waals surface area contributed by atoms with Crippen LogP contribution in [0.5, 0.6) is 0 Å². The van der Waals surface area contributed by atoms with Gasteiger partial charge in [-0.25, -0.2) is 0 Å². The summed E-state index contributed by atoms with van der Waals surface area (Å²) in [4.78, 5) is 44.2. The Labute approximate surface area is 126 Å². The Kier molecular flexibility index (Phi) is 9.46. The van der Waals surface area contributed by atoms with Crippen molar-refractivity contribution in [1.29, 1.82) is 0 Å². The Morgan fingerprint density at radius 3 is 1.95 bits per heavy atom. The summed E-state index contributed by atoms with van der Waals surface area (Å²) in [6, 6.07) is -0.933. The molecule has 0 aromatic rings. The molecule has 0 aromatic heterocycles. The van der Waals surface area contributed by atoms with Gasteiger partial charge in [-0.2, -0.15) is 0 Å². The van der Waals surface area contributed by atoms with Crippen molar-refractivity contribution in [2.75, 3.05) is 26.2 Å². The van der Waals surface area contributed by atoms with Crippen LogP contribution in [-0.4, -0.2) is 76.3 Å². The van der Waals surface area contributed by atoms with E-state index in [-0.39, 0.29) is 19.5 Å². The number of aliphatic carboxylic acids is 3. The summed E-state index contributed by atoms with van der Waals surface area (Å²) < 4.78 is 0. The molecule has 1 atom stereocenters. The molecule has 0 spiro atoms. The van der Waals surface area contributed by atoms with E-state index in [9.17, 15) is 19.2 Å². The molecule has 0 radical (unpaired) electrons. The third kappa shape index (κ3) is 10.6. The Morgan fingerprint density at radius 2 is 1.50 bits per heavy atom. The highest BCUT2D eigenvalue weighted by molar-refractivity contribution is 5.80. The molecule has 126 valence electrons. The number of unbranched alkanes of at least 4 members (excludes halogenated alkanes) is 1. The van der Waals surface area contributed by atoms with Crippen LogP contribution in [0.1, 0.15) is 19.3 Å². The van der Waals surface area contributed by atoms with Crippen molar-refractivity contribution in [1.82, 2.24) is 10.2 Å². The van der Waals surface area contributed by atoms with Gasteiger partial charge in [-0.05, 0) is 19.3 Å². The first-order chi connectivity index (χ1) is 10.2. The quantitative estimate of drug-likeness (QED) is 0.259. The molecule has 1 amide bonds. The van der Waals surface area contributed by atoms with Crippen LogP contribution in [0.4, 0.5) is 0 Å². The van der Waals surface area contributed by atoms with Crippen molar-refractivity contribution in [3.8, 4) is 0 Å².